The molecule has 0 unspecified atom stereocenters. The number of allylic oxidation sites excluding steroid dienone is 2. The molecular formula is C24H40. The van der Waals surface area contributed by atoms with Crippen LogP contribution in [-0.4, -0.2) is 0 Å². The lowest BCUT2D eigenvalue weighted by molar-refractivity contribution is -0.0649. The van der Waals surface area contributed by atoms with Crippen molar-refractivity contribution in [2.24, 2.45) is 22.7 Å². The van der Waals surface area contributed by atoms with Crippen molar-refractivity contribution in [1.29, 1.82) is 0 Å². The van der Waals surface area contributed by atoms with Gasteiger partial charge in [0.1, 0.15) is 0 Å². The van der Waals surface area contributed by atoms with Crippen molar-refractivity contribution in [2.45, 2.75) is 103 Å². The minimum atomic E-state index is 0.476. The Morgan fingerprint density at radius 3 is 1.88 bits per heavy atom. The first-order valence-corrected chi connectivity index (χ1v) is 11.0. The van der Waals surface area contributed by atoms with Crippen LogP contribution in [0.15, 0.2) is 25.3 Å². The molecule has 3 saturated carbocycles. The Morgan fingerprint density at radius 1 is 0.750 bits per heavy atom. The summed E-state index contributed by atoms with van der Waals surface area (Å²) in [5.41, 5.74) is 1.08. The van der Waals surface area contributed by atoms with E-state index >= 15 is 0 Å². The molecule has 3 aliphatic carbocycles. The van der Waals surface area contributed by atoms with Crippen LogP contribution in [0.3, 0.4) is 0 Å². The first kappa shape index (κ1) is 18.3. The predicted molar refractivity (Wildman–Crippen MR) is 106 cm³/mol. The van der Waals surface area contributed by atoms with Crippen molar-refractivity contribution in [3.63, 3.8) is 0 Å². The molecule has 0 aromatic carbocycles. The summed E-state index contributed by atoms with van der Waals surface area (Å²) in [5.74, 6) is 1.96. The van der Waals surface area contributed by atoms with E-state index in [0.29, 0.717) is 10.8 Å². The van der Waals surface area contributed by atoms with E-state index in [2.05, 4.69) is 25.3 Å². The van der Waals surface area contributed by atoms with Crippen LogP contribution in [-0.2, 0) is 0 Å². The Hall–Kier alpha value is -0.520. The summed E-state index contributed by atoms with van der Waals surface area (Å²) in [4.78, 5) is 0. The SMILES string of the molecule is C=CCCC1CCC(C2(C3(C=C)CCCCC3)CCCCC2)CC1. The molecular weight excluding hydrogens is 288 g/mol. The minimum Gasteiger partial charge on any atom is -0.103 e. The Balaban J connectivity index is 1.76. The van der Waals surface area contributed by atoms with Gasteiger partial charge in [0.25, 0.3) is 0 Å². The molecule has 0 heteroatoms. The smallest absolute Gasteiger partial charge is 0.00619 e. The van der Waals surface area contributed by atoms with Crippen molar-refractivity contribution in [2.75, 3.05) is 0 Å². The van der Waals surface area contributed by atoms with Crippen LogP contribution in [0.1, 0.15) is 103 Å². The maximum atomic E-state index is 4.42. The zero-order valence-electron chi connectivity index (χ0n) is 16.0. The average molecular weight is 329 g/mol. The van der Waals surface area contributed by atoms with Crippen molar-refractivity contribution in [3.8, 4) is 0 Å². The van der Waals surface area contributed by atoms with E-state index in [1.807, 2.05) is 0 Å². The van der Waals surface area contributed by atoms with E-state index in [1.165, 1.54) is 103 Å². The summed E-state index contributed by atoms with van der Waals surface area (Å²) < 4.78 is 0. The van der Waals surface area contributed by atoms with Crippen LogP contribution in [0.5, 0.6) is 0 Å². The molecule has 0 bridgehead atoms. The molecule has 0 radical (unpaired) electrons. The zero-order valence-corrected chi connectivity index (χ0v) is 16.0. The third-order valence-corrected chi connectivity index (χ3v) is 8.28. The van der Waals surface area contributed by atoms with Crippen molar-refractivity contribution < 1.29 is 0 Å². The summed E-state index contributed by atoms with van der Waals surface area (Å²) in [6, 6.07) is 0. The van der Waals surface area contributed by atoms with E-state index in [1.54, 1.807) is 0 Å². The molecule has 0 amide bonds. The van der Waals surface area contributed by atoms with E-state index in [4.69, 9.17) is 0 Å². The van der Waals surface area contributed by atoms with Gasteiger partial charge in [-0.15, -0.1) is 13.2 Å². The molecule has 3 fully saturated rings. The van der Waals surface area contributed by atoms with Crippen molar-refractivity contribution in [1.82, 2.24) is 0 Å². The quantitative estimate of drug-likeness (QED) is 0.435. The van der Waals surface area contributed by atoms with Crippen LogP contribution >= 0.6 is 0 Å². The maximum Gasteiger partial charge on any atom is -0.00619 e. The highest BCUT2D eigenvalue weighted by molar-refractivity contribution is 5.11. The van der Waals surface area contributed by atoms with Gasteiger partial charge in [0.15, 0.2) is 0 Å². The van der Waals surface area contributed by atoms with Gasteiger partial charge in [0.2, 0.25) is 0 Å². The summed E-state index contributed by atoms with van der Waals surface area (Å²) in [6.45, 7) is 8.33. The normalized spacial score (nSPS) is 32.8. The van der Waals surface area contributed by atoms with Gasteiger partial charge in [-0.1, -0.05) is 63.5 Å². The minimum absolute atomic E-state index is 0.476. The van der Waals surface area contributed by atoms with Gasteiger partial charge in [0, 0.05) is 0 Å². The molecule has 0 spiro atoms. The molecule has 0 aliphatic heterocycles. The van der Waals surface area contributed by atoms with Crippen LogP contribution in [0.25, 0.3) is 0 Å². The average Bonchev–Trinajstić information content (AvgIpc) is 2.67. The van der Waals surface area contributed by atoms with Crippen LogP contribution in [0.2, 0.25) is 0 Å². The van der Waals surface area contributed by atoms with Crippen LogP contribution in [0.4, 0.5) is 0 Å². The lowest BCUT2D eigenvalue weighted by Crippen LogP contribution is -2.49. The summed E-state index contributed by atoms with van der Waals surface area (Å²) in [7, 11) is 0. The first-order chi connectivity index (χ1) is 11.8. The van der Waals surface area contributed by atoms with Gasteiger partial charge in [-0.3, -0.25) is 0 Å². The second-order valence-corrected chi connectivity index (χ2v) is 9.22. The van der Waals surface area contributed by atoms with Gasteiger partial charge >= 0.3 is 0 Å². The standard InChI is InChI=1S/C24H40/c1-3-5-12-21-13-15-22(16-14-21)24(19-10-7-11-20-24)23(4-2)17-8-6-9-18-23/h3-4,21-22H,1-2,5-20H2. The van der Waals surface area contributed by atoms with Gasteiger partial charge in [-0.05, 0) is 74.0 Å². The van der Waals surface area contributed by atoms with Crippen molar-refractivity contribution in [3.05, 3.63) is 25.3 Å². The Labute approximate surface area is 151 Å². The highest BCUT2D eigenvalue weighted by Crippen LogP contribution is 2.63. The third kappa shape index (κ3) is 3.40. The molecule has 0 atom stereocenters. The Kier molecular flexibility index (Phi) is 6.27. The monoisotopic (exact) mass is 328 g/mol. The maximum absolute atomic E-state index is 4.42. The fourth-order valence-electron chi connectivity index (χ4n) is 6.94. The predicted octanol–water partition coefficient (Wildman–Crippen LogP) is 7.85. The van der Waals surface area contributed by atoms with Crippen molar-refractivity contribution >= 4 is 0 Å². The number of hydrogen-bond acceptors (Lipinski definition) is 0. The fraction of sp³-hybridized carbons (Fsp3) is 0.833. The topological polar surface area (TPSA) is 0 Å². The van der Waals surface area contributed by atoms with Gasteiger partial charge in [-0.2, -0.15) is 0 Å². The summed E-state index contributed by atoms with van der Waals surface area (Å²) >= 11 is 0. The van der Waals surface area contributed by atoms with Crippen LogP contribution < -0.4 is 0 Å². The fourth-order valence-corrected chi connectivity index (χ4v) is 6.94. The van der Waals surface area contributed by atoms with Crippen LogP contribution in [0, 0.1) is 22.7 Å². The molecule has 0 saturated heterocycles. The summed E-state index contributed by atoms with van der Waals surface area (Å²) in [5, 5.41) is 0. The van der Waals surface area contributed by atoms with E-state index in [9.17, 15) is 0 Å². The van der Waals surface area contributed by atoms with E-state index in [0.717, 1.165) is 11.8 Å². The lowest BCUT2D eigenvalue weighted by Gasteiger charge is -2.59. The number of hydrogen-bond donors (Lipinski definition) is 0. The molecule has 136 valence electrons. The Morgan fingerprint density at radius 2 is 1.33 bits per heavy atom. The van der Waals surface area contributed by atoms with Gasteiger partial charge < -0.3 is 0 Å². The second kappa shape index (κ2) is 8.24. The zero-order chi connectivity index (χ0) is 16.9. The molecule has 3 aliphatic rings. The molecule has 0 nitrogen and oxygen atoms in total. The molecule has 0 heterocycles. The largest absolute Gasteiger partial charge is 0.103 e. The number of rotatable bonds is 6. The molecule has 0 N–H and O–H groups in total. The molecule has 3 rings (SSSR count). The third-order valence-electron chi connectivity index (χ3n) is 8.28. The lowest BCUT2D eigenvalue weighted by atomic mass is 9.46. The first-order valence-electron chi connectivity index (χ1n) is 11.0. The van der Waals surface area contributed by atoms with E-state index in [-0.39, 0.29) is 0 Å². The highest BCUT2D eigenvalue weighted by atomic mass is 14.6. The summed E-state index contributed by atoms with van der Waals surface area (Å²) in [6.07, 6.45) is 27.8. The second-order valence-electron chi connectivity index (χ2n) is 9.22. The van der Waals surface area contributed by atoms with E-state index < -0.39 is 0 Å². The highest BCUT2D eigenvalue weighted by Gasteiger charge is 2.53. The van der Waals surface area contributed by atoms with Gasteiger partial charge in [0.05, 0.1) is 0 Å². The molecule has 24 heavy (non-hydrogen) atoms. The Bertz CT molecular complexity index is 398. The van der Waals surface area contributed by atoms with Gasteiger partial charge in [-0.25, -0.2) is 0 Å². The molecule has 0 aromatic heterocycles. The molecule has 0 aromatic rings.